The summed E-state index contributed by atoms with van der Waals surface area (Å²) in [6, 6.07) is -6.24. The second kappa shape index (κ2) is 63.8. The van der Waals surface area contributed by atoms with Gasteiger partial charge in [0.15, 0.2) is 0 Å². The number of H-pyrrole nitrogens is 1. The number of carboxylic acids is 4. The first-order chi connectivity index (χ1) is 69.4. The molecule has 0 spiro atoms. The fraction of sp³-hybridized carbons (Fsp3) is 0.537. The number of unbranched alkanes of at least 4 members (excludes halogenated alkanes) is 1. The second-order valence-corrected chi connectivity index (χ2v) is 36.3. The van der Waals surface area contributed by atoms with Crippen molar-refractivity contribution in [2.75, 3.05) is 18.8 Å². The van der Waals surface area contributed by atoms with Gasteiger partial charge in [0.1, 0.15) is 102 Å². The third-order valence-electron chi connectivity index (χ3n) is 23.3. The van der Waals surface area contributed by atoms with Gasteiger partial charge in [0, 0.05) is 69.0 Å². The van der Waals surface area contributed by atoms with Crippen molar-refractivity contribution in [1.82, 2.24) is 100 Å². The lowest BCUT2D eigenvalue weighted by atomic mass is 9.96. The van der Waals surface area contributed by atoms with Crippen LogP contribution in [-0.4, -0.2) is 293 Å². The van der Waals surface area contributed by atoms with Crippen molar-refractivity contribution in [2.24, 2.45) is 40.7 Å². The van der Waals surface area contributed by atoms with E-state index in [1.54, 1.807) is 95.3 Å². The highest BCUT2D eigenvalue weighted by Crippen LogP contribution is 2.19. The summed E-state index contributed by atoms with van der Waals surface area (Å²) in [6.45, 7) is 12.9. The van der Waals surface area contributed by atoms with Crippen LogP contribution in [0.5, 0.6) is 5.75 Å². The van der Waals surface area contributed by atoms with E-state index in [-0.39, 0.29) is 74.4 Å². The van der Waals surface area contributed by atoms with Gasteiger partial charge in [-0.15, -0.1) is 0 Å². The number of aromatic amines is 1. The topological polar surface area (TPSA) is 831 Å². The first-order valence-corrected chi connectivity index (χ1v) is 48.5. The predicted molar refractivity (Wildman–Crippen MR) is 529 cm³/mol. The Bertz CT molecular complexity index is 5160. The number of nitrogens with one attached hydrogen (secondary N) is 18. The fourth-order valence-corrected chi connectivity index (χ4v) is 14.8. The van der Waals surface area contributed by atoms with Crippen molar-refractivity contribution < 1.29 is 136 Å². The Morgan fingerprint density at radius 1 is 0.367 bits per heavy atom. The number of aliphatic carboxylic acids is 4. The zero-order valence-electron chi connectivity index (χ0n) is 83.2. The number of rotatable bonds is 68. The van der Waals surface area contributed by atoms with E-state index in [2.05, 4.69) is 113 Å². The van der Waals surface area contributed by atoms with Crippen LogP contribution in [0, 0.1) is 17.8 Å². The van der Waals surface area contributed by atoms with Crippen LogP contribution < -0.4 is 113 Å². The summed E-state index contributed by atoms with van der Waals surface area (Å²) in [5.41, 5.74) is 23.9. The highest BCUT2D eigenvalue weighted by atomic mass is 32.1. The van der Waals surface area contributed by atoms with Gasteiger partial charge < -0.3 is 144 Å². The first kappa shape index (κ1) is 124. The smallest absolute Gasteiger partial charge is 0.326 e. The van der Waals surface area contributed by atoms with Gasteiger partial charge in [-0.05, 0) is 125 Å². The molecule has 19 atom stereocenters. The molecule has 0 aliphatic rings. The molecule has 808 valence electrons. The summed E-state index contributed by atoms with van der Waals surface area (Å²) >= 11 is 4.34. The number of hydrogen-bond donors (Lipinski definition) is 28. The first-order valence-electron chi connectivity index (χ1n) is 47.8. The van der Waals surface area contributed by atoms with Crippen molar-refractivity contribution in [1.29, 1.82) is 0 Å². The van der Waals surface area contributed by atoms with Crippen LogP contribution in [0.1, 0.15) is 181 Å². The average Bonchev–Trinajstić information content (AvgIpc) is 1.83. The van der Waals surface area contributed by atoms with Crippen molar-refractivity contribution in [2.45, 2.75) is 287 Å². The zero-order valence-corrected chi connectivity index (χ0v) is 84.1. The molecule has 0 saturated carbocycles. The Hall–Kier alpha value is -15.3. The number of nitrogens with two attached hydrogens (primary N) is 4. The molecule has 19 amide bonds. The van der Waals surface area contributed by atoms with E-state index >= 15 is 0 Å². The lowest BCUT2D eigenvalue weighted by Gasteiger charge is -2.30. The van der Waals surface area contributed by atoms with Gasteiger partial charge in [-0.25, -0.2) is 9.78 Å². The Kier molecular flexibility index (Phi) is 53.8. The summed E-state index contributed by atoms with van der Waals surface area (Å²) in [4.78, 5) is 322. The molecule has 31 N–H and O–H groups in total. The van der Waals surface area contributed by atoms with Crippen LogP contribution in [0.2, 0.25) is 0 Å². The maximum absolute atomic E-state index is 14.9. The molecule has 4 aromatic rings. The Morgan fingerprint density at radius 3 is 1.13 bits per heavy atom. The molecule has 1 heterocycles. The summed E-state index contributed by atoms with van der Waals surface area (Å²) in [5.74, 6) is -28.6. The molecule has 3 aromatic carbocycles. The number of amides is 19. The van der Waals surface area contributed by atoms with E-state index in [1.165, 1.54) is 64.5 Å². The minimum Gasteiger partial charge on any atom is -0.508 e. The van der Waals surface area contributed by atoms with E-state index in [4.69, 9.17) is 22.9 Å². The number of imidazole rings is 1. The summed E-state index contributed by atoms with van der Waals surface area (Å²) < 4.78 is 0. The van der Waals surface area contributed by atoms with Crippen molar-refractivity contribution in [3.8, 4) is 5.75 Å². The normalized spacial score (nSPS) is 14.9. The molecule has 0 radical (unpaired) electrons. The number of benzene rings is 3. The van der Waals surface area contributed by atoms with Crippen LogP contribution >= 0.6 is 12.6 Å². The third kappa shape index (κ3) is 45.7. The van der Waals surface area contributed by atoms with Gasteiger partial charge in [-0.1, -0.05) is 127 Å². The van der Waals surface area contributed by atoms with E-state index in [0.717, 1.165) is 0 Å². The molecule has 0 aliphatic heterocycles. The molecule has 52 heteroatoms. The van der Waals surface area contributed by atoms with Gasteiger partial charge in [-0.2, -0.15) is 12.6 Å². The number of carboxylic acid groups (broad SMARTS) is 4. The largest absolute Gasteiger partial charge is 0.508 e. The zero-order chi connectivity index (χ0) is 110. The van der Waals surface area contributed by atoms with Crippen LogP contribution in [0.25, 0.3) is 0 Å². The molecule has 0 bridgehead atoms. The number of aromatic hydroxyl groups is 1. The number of aromatic nitrogens is 2. The van der Waals surface area contributed by atoms with Gasteiger partial charge >= 0.3 is 23.9 Å². The molecular formula is C95H139N23O28S. The van der Waals surface area contributed by atoms with E-state index in [0.29, 0.717) is 17.5 Å². The van der Waals surface area contributed by atoms with Crippen molar-refractivity contribution in [3.05, 3.63) is 120 Å². The fourth-order valence-electron chi connectivity index (χ4n) is 14.5. The number of carbonyl (C=O) groups excluding carboxylic acids is 19. The number of carbonyl (C=O) groups is 23. The second-order valence-electron chi connectivity index (χ2n) is 35.9. The molecule has 51 nitrogen and oxygen atoms in total. The minimum absolute atomic E-state index is 0.0111. The van der Waals surface area contributed by atoms with Crippen molar-refractivity contribution >= 4 is 149 Å². The molecule has 1 aromatic heterocycles. The number of primary amides is 2. The van der Waals surface area contributed by atoms with Crippen LogP contribution in [0.15, 0.2) is 97.5 Å². The Labute approximate surface area is 853 Å². The molecule has 4 rings (SSSR count). The highest BCUT2D eigenvalue weighted by Gasteiger charge is 2.41. The number of phenols is 1. The summed E-state index contributed by atoms with van der Waals surface area (Å²) in [7, 11) is 0. The summed E-state index contributed by atoms with van der Waals surface area (Å²) in [5, 5.41) is 91.2. The van der Waals surface area contributed by atoms with E-state index < -0.39 is 334 Å². The number of nitrogens with zero attached hydrogens (tertiary/aromatic N) is 1. The maximum Gasteiger partial charge on any atom is 0.326 e. The highest BCUT2D eigenvalue weighted by molar-refractivity contribution is 7.80. The van der Waals surface area contributed by atoms with Gasteiger partial charge in [-0.3, -0.25) is 105 Å². The Balaban J connectivity index is 1.63. The third-order valence-corrected chi connectivity index (χ3v) is 23.7. The molecule has 0 aliphatic carbocycles. The monoisotopic (exact) mass is 2080 g/mol. The number of hydrogen-bond acceptors (Lipinski definition) is 28. The molecule has 0 unspecified atom stereocenters. The summed E-state index contributed by atoms with van der Waals surface area (Å²) in [6.07, 6.45) is -4.57. The molecular weight excluding hydrogens is 1940 g/mol. The van der Waals surface area contributed by atoms with Gasteiger partial charge in [0.2, 0.25) is 112 Å². The Morgan fingerprint density at radius 2 is 0.721 bits per heavy atom. The molecule has 0 fully saturated rings. The SMILES string of the molecule is CC[C@H](C)[C@H](NC(=O)[C@H](CCCCN)NC(=O)[C@H](C)NC(=O)[C@H](CCC(=O)O)NC(=O)[C@H](CC(C)C)NC(=O)[C@H](C)NC(=O)[C@H](C)N)C(=O)N[C@@H](CS)C(=O)N[C@@H](Cc1cnc[nH]1)C(=O)N[C@@H](CCC(N)=O)C(=O)N[C@H](C(=O)N[C@@H](CCC(=O)O)C(=O)N[C@@H](Cc1ccc(O)cc1)C(=O)N[C@@H](CCC(N)=O)C(=O)N[C@@H](Cc1ccccc1)C(=O)NCC(=O)N[C@@H](CC(=O)O)C(=O)N[C@@H](Cc1ccccc1)C(=O)O)[C@@H](C)CC. The number of phenolic OH excluding ortho intramolecular Hbond substituents is 1. The van der Waals surface area contributed by atoms with Crippen LogP contribution in [-0.2, 0) is 136 Å². The average molecular weight is 2080 g/mol. The number of thiol groups is 1. The predicted octanol–water partition coefficient (Wildman–Crippen LogP) is -5.34. The quantitative estimate of drug-likeness (QED) is 0.0145. The van der Waals surface area contributed by atoms with E-state index in [9.17, 15) is 136 Å². The van der Waals surface area contributed by atoms with E-state index in [1.807, 2.05) is 0 Å². The van der Waals surface area contributed by atoms with Gasteiger partial charge in [0.25, 0.3) is 0 Å². The van der Waals surface area contributed by atoms with Crippen molar-refractivity contribution in [3.63, 3.8) is 0 Å². The standard InChI is InChI=1S/C95H139N23O28S/c1-10-49(5)77(93(143)110-63(32-36-75(125)126)85(135)113-66(40-56-25-27-58(119)28-26-56)89(139)107-60(29-33-71(98)120)84(134)112-65(39-54-20-14-12-15-21-54)82(132)101-45-73(122)105-68(43-76(127)128)91(141)115-69(95(145)146)41-55-22-16-13-17-23-55)118-87(137)61(30-34-72(99)121)108-90(140)67(42-57-44-100-47-102-57)114-92(142)70(46-147)116-94(144)78(50(6)11-2)117-86(136)59(24-18-19-37-96)106-80(130)53(9)104-83(133)62(31-35-74(123)124)109-88(138)64(38-48(3)4)111-81(131)52(8)103-79(129)51(7)97/h12-17,20-23,25-28,44,47-53,59-70,77-78,119,147H,10-11,18-19,24,29-43,45-46,96-97H2,1-9H3,(H2,98,120)(H2,99,121)(H,100,102)(H,101,132)(H,103,129)(H,104,133)(H,105,122)(H,106,130)(H,107,139)(H,108,140)(H,109,138)(H,110,143)(H,111,131)(H,112,134)(H,113,135)(H,114,142)(H,115,141)(H,116,144)(H,117,136)(H,118,137)(H,123,124)(H,125,126)(H,127,128)(H,145,146)/t49-,50-,51-,52-,53-,59-,60-,61-,62-,63-,64-,65-,66-,67-,68-,69-,70-,77-,78-/m0/s1. The van der Waals surface area contributed by atoms with Crippen LogP contribution in [0.3, 0.4) is 0 Å². The lowest BCUT2D eigenvalue weighted by Crippen LogP contribution is -2.62. The molecule has 0 saturated heterocycles. The lowest BCUT2D eigenvalue weighted by molar-refractivity contribution is -0.143. The molecule has 147 heavy (non-hydrogen) atoms. The maximum atomic E-state index is 14.9. The van der Waals surface area contributed by atoms with Gasteiger partial charge in [0.05, 0.1) is 25.3 Å². The van der Waals surface area contributed by atoms with Crippen LogP contribution in [0.4, 0.5) is 0 Å². The minimum atomic E-state index is -1.94.